The van der Waals surface area contributed by atoms with Crippen LogP contribution in [0.1, 0.15) is 39.3 Å². The van der Waals surface area contributed by atoms with Gasteiger partial charge in [-0.2, -0.15) is 0 Å². The Kier molecular flexibility index (Phi) is 7.03. The Morgan fingerprint density at radius 1 is 1.17 bits per heavy atom. The lowest BCUT2D eigenvalue weighted by Gasteiger charge is -2.22. The second-order valence-electron chi connectivity index (χ2n) is 6.92. The number of nitrogens with one attached hydrogen (secondary N) is 3. The first-order chi connectivity index (χ1) is 10.6. The Labute approximate surface area is 143 Å². The van der Waals surface area contributed by atoms with E-state index in [2.05, 4.69) is 10.6 Å². The second kappa shape index (κ2) is 8.31. The summed E-state index contributed by atoms with van der Waals surface area (Å²) in [6.07, 6.45) is 0. The van der Waals surface area contributed by atoms with Gasteiger partial charge in [0.2, 0.25) is 0 Å². The van der Waals surface area contributed by atoms with E-state index in [9.17, 15) is 9.59 Å². The summed E-state index contributed by atoms with van der Waals surface area (Å²) < 4.78 is 0. The zero-order valence-electron chi connectivity index (χ0n) is 14.5. The number of rotatable bonds is 6. The van der Waals surface area contributed by atoms with Gasteiger partial charge in [0.05, 0.1) is 13.1 Å². The van der Waals surface area contributed by atoms with Crippen molar-refractivity contribution in [3.63, 3.8) is 0 Å². The fourth-order valence-electron chi connectivity index (χ4n) is 2.27. The first kappa shape index (κ1) is 19.5. The van der Waals surface area contributed by atoms with Crippen LogP contribution in [0, 0.1) is 0 Å². The van der Waals surface area contributed by atoms with Crippen molar-refractivity contribution in [3.8, 4) is 0 Å². The van der Waals surface area contributed by atoms with Gasteiger partial charge in [0.15, 0.2) is 13.1 Å². The monoisotopic (exact) mass is 340 g/mol. The van der Waals surface area contributed by atoms with Crippen LogP contribution in [0.2, 0.25) is 5.02 Å². The summed E-state index contributed by atoms with van der Waals surface area (Å²) in [5, 5.41) is 6.43. The number of carbonyl (C=O) groups excluding carboxylic acids is 2. The van der Waals surface area contributed by atoms with Gasteiger partial charge >= 0.3 is 0 Å². The van der Waals surface area contributed by atoms with Crippen LogP contribution < -0.4 is 15.5 Å². The SMILES string of the molecule is C[C@H](NC(=O)C[NH+](C)CC(=O)NC(C)(C)C)c1ccccc1Cl. The molecule has 0 radical (unpaired) electrons. The molecule has 0 heterocycles. The molecule has 1 unspecified atom stereocenters. The molecule has 1 aromatic rings. The predicted octanol–water partition coefficient (Wildman–Crippen LogP) is 0.947. The molecule has 0 fully saturated rings. The lowest BCUT2D eigenvalue weighted by molar-refractivity contribution is -0.862. The molecular weight excluding hydrogens is 314 g/mol. The molecule has 128 valence electrons. The fraction of sp³-hybridized carbons (Fsp3) is 0.529. The second-order valence-corrected chi connectivity index (χ2v) is 7.33. The van der Waals surface area contributed by atoms with Crippen molar-refractivity contribution < 1.29 is 14.5 Å². The maximum Gasteiger partial charge on any atom is 0.275 e. The summed E-state index contributed by atoms with van der Waals surface area (Å²) in [6.45, 7) is 8.16. The molecule has 23 heavy (non-hydrogen) atoms. The summed E-state index contributed by atoms with van der Waals surface area (Å²) >= 11 is 6.13. The van der Waals surface area contributed by atoms with Crippen LogP contribution in [0.5, 0.6) is 0 Å². The molecule has 2 atom stereocenters. The summed E-state index contributed by atoms with van der Waals surface area (Å²) in [6, 6.07) is 7.26. The van der Waals surface area contributed by atoms with Crippen molar-refractivity contribution in [3.05, 3.63) is 34.9 Å². The van der Waals surface area contributed by atoms with Crippen LogP contribution in [-0.4, -0.2) is 37.5 Å². The van der Waals surface area contributed by atoms with E-state index in [4.69, 9.17) is 11.6 Å². The number of quaternary nitrogens is 1. The maximum atomic E-state index is 12.1. The van der Waals surface area contributed by atoms with Crippen molar-refractivity contribution in [2.24, 2.45) is 0 Å². The van der Waals surface area contributed by atoms with E-state index in [1.54, 1.807) is 6.07 Å². The topological polar surface area (TPSA) is 62.6 Å². The van der Waals surface area contributed by atoms with E-state index in [0.29, 0.717) is 5.02 Å². The number of hydrogen-bond acceptors (Lipinski definition) is 2. The molecular formula is C17H27ClN3O2+. The summed E-state index contributed by atoms with van der Waals surface area (Å²) in [7, 11) is 1.82. The standard InChI is InChI=1S/C17H26ClN3O2/c1-12(13-8-6-7-9-14(13)18)19-15(22)10-21(5)11-16(23)20-17(2,3)4/h6-9,12H,10-11H2,1-5H3,(H,19,22)(H,20,23)/p+1/t12-/m0/s1. The Morgan fingerprint density at radius 3 is 2.30 bits per heavy atom. The molecule has 0 bridgehead atoms. The Hall–Kier alpha value is -1.59. The van der Waals surface area contributed by atoms with E-state index < -0.39 is 0 Å². The Balaban J connectivity index is 2.47. The van der Waals surface area contributed by atoms with Gasteiger partial charge in [-0.25, -0.2) is 0 Å². The molecule has 0 aromatic heterocycles. The zero-order valence-corrected chi connectivity index (χ0v) is 15.3. The van der Waals surface area contributed by atoms with E-state index in [-0.39, 0.29) is 36.5 Å². The van der Waals surface area contributed by atoms with Crippen molar-refractivity contribution in [2.45, 2.75) is 39.3 Å². The number of hydrogen-bond donors (Lipinski definition) is 3. The highest BCUT2D eigenvalue weighted by atomic mass is 35.5. The number of carbonyl (C=O) groups is 2. The third-order valence-corrected chi connectivity index (χ3v) is 3.53. The number of amides is 2. The van der Waals surface area contributed by atoms with E-state index >= 15 is 0 Å². The van der Waals surface area contributed by atoms with Gasteiger partial charge in [-0.3, -0.25) is 9.59 Å². The van der Waals surface area contributed by atoms with Gasteiger partial charge in [-0.1, -0.05) is 29.8 Å². The summed E-state index contributed by atoms with van der Waals surface area (Å²) in [5.41, 5.74) is 0.615. The minimum Gasteiger partial charge on any atom is -0.347 e. The highest BCUT2D eigenvalue weighted by Gasteiger charge is 2.20. The Bertz CT molecular complexity index is 555. The third kappa shape index (κ3) is 7.48. The van der Waals surface area contributed by atoms with Crippen LogP contribution in [0.15, 0.2) is 24.3 Å². The van der Waals surface area contributed by atoms with Crippen LogP contribution in [0.3, 0.4) is 0 Å². The Morgan fingerprint density at radius 2 is 1.74 bits per heavy atom. The van der Waals surface area contributed by atoms with Crippen molar-refractivity contribution in [1.82, 2.24) is 10.6 Å². The molecule has 5 nitrogen and oxygen atoms in total. The smallest absolute Gasteiger partial charge is 0.275 e. The normalized spacial score (nSPS) is 14.0. The van der Waals surface area contributed by atoms with Gasteiger partial charge in [0.25, 0.3) is 11.8 Å². The van der Waals surface area contributed by atoms with Gasteiger partial charge in [0, 0.05) is 10.6 Å². The minimum atomic E-state index is -0.266. The molecule has 0 aliphatic carbocycles. The van der Waals surface area contributed by atoms with Gasteiger partial charge in [-0.15, -0.1) is 0 Å². The van der Waals surface area contributed by atoms with Crippen molar-refractivity contribution in [2.75, 3.05) is 20.1 Å². The largest absolute Gasteiger partial charge is 0.347 e. The third-order valence-electron chi connectivity index (χ3n) is 3.19. The highest BCUT2D eigenvalue weighted by molar-refractivity contribution is 6.31. The average Bonchev–Trinajstić information content (AvgIpc) is 2.35. The number of benzene rings is 1. The predicted molar refractivity (Wildman–Crippen MR) is 92.5 cm³/mol. The molecule has 2 amide bonds. The van der Waals surface area contributed by atoms with Crippen LogP contribution >= 0.6 is 11.6 Å². The molecule has 0 aliphatic rings. The number of likely N-dealkylation sites (N-methyl/N-ethyl adjacent to an activating group) is 1. The molecule has 0 saturated heterocycles. The number of halogens is 1. The average molecular weight is 341 g/mol. The van der Waals surface area contributed by atoms with Crippen LogP contribution in [0.4, 0.5) is 0 Å². The van der Waals surface area contributed by atoms with E-state index in [1.807, 2.05) is 52.9 Å². The fourth-order valence-corrected chi connectivity index (χ4v) is 2.57. The highest BCUT2D eigenvalue weighted by Crippen LogP contribution is 2.21. The van der Waals surface area contributed by atoms with Crippen molar-refractivity contribution in [1.29, 1.82) is 0 Å². The lowest BCUT2D eigenvalue weighted by Crippen LogP contribution is -3.11. The van der Waals surface area contributed by atoms with Crippen LogP contribution in [0.25, 0.3) is 0 Å². The molecule has 0 saturated carbocycles. The first-order valence-electron chi connectivity index (χ1n) is 7.74. The van der Waals surface area contributed by atoms with Gasteiger partial charge in [-0.05, 0) is 39.3 Å². The minimum absolute atomic E-state index is 0.0676. The molecule has 3 N–H and O–H groups in total. The molecule has 1 aromatic carbocycles. The van der Waals surface area contributed by atoms with Gasteiger partial charge < -0.3 is 15.5 Å². The van der Waals surface area contributed by atoms with Crippen LogP contribution in [-0.2, 0) is 9.59 Å². The van der Waals surface area contributed by atoms with E-state index in [1.165, 1.54) is 0 Å². The molecule has 6 heteroatoms. The quantitative estimate of drug-likeness (QED) is 0.722. The summed E-state index contributed by atoms with van der Waals surface area (Å²) in [5.74, 6) is -0.180. The van der Waals surface area contributed by atoms with Gasteiger partial charge in [0.1, 0.15) is 0 Å². The maximum absolute atomic E-state index is 12.1. The van der Waals surface area contributed by atoms with Crippen molar-refractivity contribution >= 4 is 23.4 Å². The zero-order chi connectivity index (χ0) is 17.6. The first-order valence-corrected chi connectivity index (χ1v) is 8.12. The van der Waals surface area contributed by atoms with E-state index in [0.717, 1.165) is 10.5 Å². The molecule has 1 rings (SSSR count). The molecule has 0 aliphatic heterocycles. The lowest BCUT2D eigenvalue weighted by atomic mass is 10.1. The summed E-state index contributed by atoms with van der Waals surface area (Å²) in [4.78, 5) is 24.8. The molecule has 0 spiro atoms.